The Morgan fingerprint density at radius 2 is 1.82 bits per heavy atom. The minimum Gasteiger partial charge on any atom is -0.365 e. The molecule has 1 aromatic heterocycles. The van der Waals surface area contributed by atoms with Crippen LogP contribution in [0.2, 0.25) is 0 Å². The highest BCUT2D eigenvalue weighted by atomic mass is 32.1. The monoisotopic (exact) mass is 482 g/mol. The number of nitrogens with zero attached hydrogens (tertiary/aromatic N) is 2. The zero-order chi connectivity index (χ0) is 24.7. The second-order valence-corrected chi connectivity index (χ2v) is 10.7. The molecule has 4 rings (SSSR count). The summed E-state index contributed by atoms with van der Waals surface area (Å²) in [5.41, 5.74) is 3.92. The highest BCUT2D eigenvalue weighted by molar-refractivity contribution is 7.13. The molecule has 1 spiro atoms. The maximum Gasteiger partial charge on any atom is 0.186 e. The van der Waals surface area contributed by atoms with E-state index in [0.717, 1.165) is 47.9 Å². The minimum absolute atomic E-state index is 0.170. The molecular formula is C30H46N2OS. The largest absolute Gasteiger partial charge is 0.365 e. The van der Waals surface area contributed by atoms with E-state index in [4.69, 9.17) is 9.72 Å². The molecule has 2 saturated heterocycles. The van der Waals surface area contributed by atoms with Crippen LogP contribution in [0, 0.1) is 11.8 Å². The number of hydrogen-bond donors (Lipinski definition) is 0. The van der Waals surface area contributed by atoms with E-state index in [0.29, 0.717) is 12.5 Å². The van der Waals surface area contributed by atoms with E-state index < -0.39 is 0 Å². The Kier molecular flexibility index (Phi) is 9.79. The Morgan fingerprint density at radius 3 is 2.41 bits per heavy atom. The Balaban J connectivity index is 0.00000158. The molecule has 0 amide bonds. The van der Waals surface area contributed by atoms with Gasteiger partial charge in [0.2, 0.25) is 0 Å². The van der Waals surface area contributed by atoms with Gasteiger partial charge in [0, 0.05) is 13.1 Å². The van der Waals surface area contributed by atoms with E-state index in [1.165, 1.54) is 48.6 Å². The fraction of sp³-hybridized carbons (Fsp3) is 0.633. The first kappa shape index (κ1) is 26.9. The van der Waals surface area contributed by atoms with Gasteiger partial charge < -0.3 is 9.64 Å². The van der Waals surface area contributed by atoms with Gasteiger partial charge in [-0.2, -0.15) is 0 Å². The third-order valence-electron chi connectivity index (χ3n) is 7.86. The van der Waals surface area contributed by atoms with Gasteiger partial charge in [0.1, 0.15) is 0 Å². The lowest BCUT2D eigenvalue weighted by Crippen LogP contribution is -2.45. The number of thiazole rings is 1. The second kappa shape index (κ2) is 12.4. The number of piperidine rings is 1. The van der Waals surface area contributed by atoms with Crippen LogP contribution in [0.5, 0.6) is 0 Å². The topological polar surface area (TPSA) is 25.4 Å². The summed E-state index contributed by atoms with van der Waals surface area (Å²) in [7, 11) is 0. The molecular weight excluding hydrogens is 436 g/mol. The van der Waals surface area contributed by atoms with Crippen molar-refractivity contribution in [3.63, 3.8) is 0 Å². The molecule has 4 heteroatoms. The first-order chi connectivity index (χ1) is 16.5. The van der Waals surface area contributed by atoms with Crippen molar-refractivity contribution in [1.82, 2.24) is 4.98 Å². The smallest absolute Gasteiger partial charge is 0.186 e. The van der Waals surface area contributed by atoms with Gasteiger partial charge >= 0.3 is 0 Å². The van der Waals surface area contributed by atoms with Crippen molar-refractivity contribution in [1.29, 1.82) is 0 Å². The van der Waals surface area contributed by atoms with Crippen LogP contribution in [-0.2, 0) is 4.74 Å². The summed E-state index contributed by atoms with van der Waals surface area (Å²) in [5, 5.41) is 2.15. The molecule has 0 atom stereocenters. The maximum absolute atomic E-state index is 6.32. The SMILES string of the molecule is C=C1COC2(CCN(c3nc(=C)/c(=C(\C(CC)CC)C4CCCC4)s3)CC2)/C1=C/C=C\C.CC. The Bertz CT molecular complexity index is 979. The number of allylic oxidation sites excluding steroid dienone is 3. The molecule has 34 heavy (non-hydrogen) atoms. The quantitative estimate of drug-likeness (QED) is 0.447. The highest BCUT2D eigenvalue weighted by Crippen LogP contribution is 2.43. The van der Waals surface area contributed by atoms with Crippen LogP contribution in [-0.4, -0.2) is 30.3 Å². The molecule has 1 aliphatic carbocycles. The van der Waals surface area contributed by atoms with Crippen molar-refractivity contribution in [2.45, 2.75) is 91.6 Å². The fourth-order valence-electron chi connectivity index (χ4n) is 6.01. The van der Waals surface area contributed by atoms with Crippen LogP contribution in [0.4, 0.5) is 5.13 Å². The van der Waals surface area contributed by atoms with E-state index in [2.05, 4.69) is 57.1 Å². The first-order valence-corrected chi connectivity index (χ1v) is 14.4. The summed E-state index contributed by atoms with van der Waals surface area (Å²) in [6, 6.07) is 0. The van der Waals surface area contributed by atoms with Crippen LogP contribution in [0.25, 0.3) is 12.2 Å². The van der Waals surface area contributed by atoms with Crippen molar-refractivity contribution in [3.05, 3.63) is 45.8 Å². The summed E-state index contributed by atoms with van der Waals surface area (Å²) in [6.07, 6.45) is 16.2. The summed E-state index contributed by atoms with van der Waals surface area (Å²) < 4.78 is 7.71. The number of anilines is 1. The van der Waals surface area contributed by atoms with Crippen molar-refractivity contribution in [2.75, 3.05) is 24.6 Å². The van der Waals surface area contributed by atoms with Crippen LogP contribution in [0.15, 0.2) is 36.0 Å². The lowest BCUT2D eigenvalue weighted by atomic mass is 9.82. The minimum atomic E-state index is -0.170. The van der Waals surface area contributed by atoms with Crippen LogP contribution >= 0.6 is 11.3 Å². The van der Waals surface area contributed by atoms with Gasteiger partial charge in [0.05, 0.1) is 22.1 Å². The molecule has 2 aliphatic heterocycles. The van der Waals surface area contributed by atoms with Crippen LogP contribution in [0.1, 0.15) is 86.0 Å². The molecule has 0 unspecified atom stereocenters. The molecule has 3 fully saturated rings. The Hall–Kier alpha value is -1.65. The van der Waals surface area contributed by atoms with E-state index in [1.807, 2.05) is 25.2 Å². The third kappa shape index (κ3) is 5.44. The summed E-state index contributed by atoms with van der Waals surface area (Å²) >= 11 is 1.90. The van der Waals surface area contributed by atoms with E-state index >= 15 is 0 Å². The number of rotatable bonds is 6. The number of hydrogen-bond acceptors (Lipinski definition) is 4. The summed E-state index contributed by atoms with van der Waals surface area (Å²) in [4.78, 5) is 7.47. The van der Waals surface area contributed by atoms with Gasteiger partial charge in [-0.1, -0.05) is 83.3 Å². The van der Waals surface area contributed by atoms with Crippen molar-refractivity contribution in [2.24, 2.45) is 11.8 Å². The normalized spacial score (nSPS) is 22.8. The predicted octanol–water partition coefficient (Wildman–Crippen LogP) is 6.78. The van der Waals surface area contributed by atoms with Crippen molar-refractivity contribution < 1.29 is 4.74 Å². The second-order valence-electron chi connectivity index (χ2n) is 9.70. The molecule has 3 aliphatic rings. The average molecular weight is 483 g/mol. The van der Waals surface area contributed by atoms with Crippen LogP contribution in [0.3, 0.4) is 0 Å². The molecule has 0 N–H and O–H groups in total. The molecule has 0 aromatic carbocycles. The zero-order valence-corrected chi connectivity index (χ0v) is 23.1. The lowest BCUT2D eigenvalue weighted by Gasteiger charge is -2.39. The molecule has 0 radical (unpaired) electrons. The number of ether oxygens (including phenoxy) is 1. The average Bonchev–Trinajstić information content (AvgIpc) is 3.59. The molecule has 3 heterocycles. The van der Waals surface area contributed by atoms with Gasteiger partial charge in [0.25, 0.3) is 0 Å². The van der Waals surface area contributed by atoms with Crippen LogP contribution < -0.4 is 14.8 Å². The third-order valence-corrected chi connectivity index (χ3v) is 9.07. The lowest BCUT2D eigenvalue weighted by molar-refractivity contribution is 0.00790. The summed E-state index contributed by atoms with van der Waals surface area (Å²) in [5.74, 6) is 1.39. The molecule has 0 bridgehead atoms. The van der Waals surface area contributed by atoms with Gasteiger partial charge in [-0.3, -0.25) is 0 Å². The first-order valence-electron chi connectivity index (χ1n) is 13.6. The van der Waals surface area contributed by atoms with E-state index in [9.17, 15) is 0 Å². The standard InChI is InChI=1S/C28H40N2OS.C2H6/c1-6-9-14-24-20(4)19-31-28(24)15-17-30(18-16-28)27-29-21(5)26(32-27)25(22(7-2)8-3)23-12-10-11-13-23;1-2/h6,9,14,22-23H,4-5,7-8,10-13,15-19H2,1-3H3;1-2H3/b9-6-,24-14+,26-25-;. The van der Waals surface area contributed by atoms with Gasteiger partial charge in [-0.05, 0) is 74.0 Å². The van der Waals surface area contributed by atoms with E-state index in [1.54, 1.807) is 5.57 Å². The summed E-state index contributed by atoms with van der Waals surface area (Å²) in [6.45, 7) is 22.0. The van der Waals surface area contributed by atoms with Crippen molar-refractivity contribution in [3.8, 4) is 0 Å². The molecule has 1 aromatic rings. The predicted molar refractivity (Wildman–Crippen MR) is 150 cm³/mol. The van der Waals surface area contributed by atoms with Gasteiger partial charge in [0.15, 0.2) is 5.13 Å². The zero-order valence-electron chi connectivity index (χ0n) is 22.3. The molecule has 1 saturated carbocycles. The van der Waals surface area contributed by atoms with E-state index in [-0.39, 0.29) is 5.60 Å². The Morgan fingerprint density at radius 1 is 1.18 bits per heavy atom. The maximum atomic E-state index is 6.32. The fourth-order valence-corrected chi connectivity index (χ4v) is 7.27. The molecule has 188 valence electrons. The van der Waals surface area contributed by atoms with Crippen molar-refractivity contribution >= 4 is 28.6 Å². The Labute approximate surface area is 212 Å². The van der Waals surface area contributed by atoms with Gasteiger partial charge in [-0.25, -0.2) is 4.98 Å². The molecule has 3 nitrogen and oxygen atoms in total. The number of aromatic nitrogens is 1. The highest BCUT2D eigenvalue weighted by Gasteiger charge is 2.44. The van der Waals surface area contributed by atoms with Gasteiger partial charge in [-0.15, -0.1) is 0 Å².